The number of H-pyrrole nitrogens is 1. The summed E-state index contributed by atoms with van der Waals surface area (Å²) in [5, 5.41) is 5.50. The van der Waals surface area contributed by atoms with E-state index in [4.69, 9.17) is 4.98 Å². The van der Waals surface area contributed by atoms with Crippen LogP contribution < -0.4 is 15.5 Å². The molecule has 4 aliphatic rings. The van der Waals surface area contributed by atoms with Crippen LogP contribution in [0.1, 0.15) is 41.3 Å². The van der Waals surface area contributed by atoms with Gasteiger partial charge in [-0.1, -0.05) is 6.07 Å². The minimum Gasteiger partial charge on any atom is -0.363 e. The highest BCUT2D eigenvalue weighted by molar-refractivity contribution is 6.08. The van der Waals surface area contributed by atoms with Crippen LogP contribution in [0.5, 0.6) is 0 Å². The van der Waals surface area contributed by atoms with Crippen LogP contribution in [-0.2, 0) is 29.0 Å². The maximum atomic E-state index is 12.6. The van der Waals surface area contributed by atoms with Crippen molar-refractivity contribution in [2.24, 2.45) is 0 Å². The number of carbonyl (C=O) groups is 3. The number of imidazole rings is 1. The van der Waals surface area contributed by atoms with Gasteiger partial charge in [-0.3, -0.25) is 14.9 Å². The fourth-order valence-electron chi connectivity index (χ4n) is 6.24. The molecule has 2 unspecified atom stereocenters. The van der Waals surface area contributed by atoms with Crippen LogP contribution >= 0.6 is 0 Å². The monoisotopic (exact) mass is 456 g/mol. The number of hydrogen-bond donors (Lipinski definition) is 3. The largest absolute Gasteiger partial charge is 0.363 e. The lowest BCUT2D eigenvalue weighted by Crippen LogP contribution is -2.48. The second kappa shape index (κ2) is 6.59. The first-order valence-electron chi connectivity index (χ1n) is 11.7. The average Bonchev–Trinajstić information content (AvgIpc) is 3.49. The van der Waals surface area contributed by atoms with Crippen LogP contribution in [0, 0.1) is 0 Å². The Morgan fingerprint density at radius 2 is 1.94 bits per heavy atom. The van der Waals surface area contributed by atoms with Crippen molar-refractivity contribution in [2.45, 2.75) is 43.7 Å². The lowest BCUT2D eigenvalue weighted by Gasteiger charge is -2.27. The van der Waals surface area contributed by atoms with Gasteiger partial charge in [-0.05, 0) is 41.8 Å². The van der Waals surface area contributed by atoms with Gasteiger partial charge in [0.1, 0.15) is 11.4 Å². The van der Waals surface area contributed by atoms with Crippen LogP contribution in [0.4, 0.5) is 16.2 Å². The van der Waals surface area contributed by atoms with E-state index in [0.717, 1.165) is 52.3 Å². The average molecular weight is 457 g/mol. The Bertz CT molecular complexity index is 1380. The molecule has 3 aromatic rings. The van der Waals surface area contributed by atoms with Crippen molar-refractivity contribution < 1.29 is 14.4 Å². The third kappa shape index (κ3) is 2.60. The summed E-state index contributed by atoms with van der Waals surface area (Å²) in [6, 6.07) is 9.90. The smallest absolute Gasteiger partial charge is 0.324 e. The van der Waals surface area contributed by atoms with E-state index in [0.29, 0.717) is 31.7 Å². The number of likely N-dealkylation sites (N-methyl/N-ethyl adjacent to an activating group) is 1. The number of amides is 4. The highest BCUT2D eigenvalue weighted by Gasteiger charge is 2.54. The number of nitrogens with one attached hydrogen (secondary N) is 3. The third-order valence-electron chi connectivity index (χ3n) is 8.02. The second-order valence-corrected chi connectivity index (χ2v) is 9.93. The van der Waals surface area contributed by atoms with Crippen LogP contribution in [-0.4, -0.2) is 51.8 Å². The Kier molecular flexibility index (Phi) is 3.79. The number of aromatic nitrogens is 2. The molecule has 1 aliphatic carbocycles. The second-order valence-electron chi connectivity index (χ2n) is 9.93. The van der Waals surface area contributed by atoms with E-state index in [9.17, 15) is 14.4 Å². The van der Waals surface area contributed by atoms with E-state index >= 15 is 0 Å². The molecule has 0 radical (unpaired) electrons. The first-order valence-corrected chi connectivity index (χ1v) is 11.7. The van der Waals surface area contributed by atoms with Gasteiger partial charge < -0.3 is 20.1 Å². The highest BCUT2D eigenvalue weighted by atomic mass is 16.2. The summed E-state index contributed by atoms with van der Waals surface area (Å²) in [5.74, 6) is 1.09. The lowest BCUT2D eigenvalue weighted by molar-refractivity contribution is -0.125. The van der Waals surface area contributed by atoms with E-state index in [1.54, 1.807) is 7.05 Å². The van der Waals surface area contributed by atoms with Crippen LogP contribution in [0.3, 0.4) is 0 Å². The summed E-state index contributed by atoms with van der Waals surface area (Å²) in [7, 11) is 1.69. The molecule has 4 amide bonds. The molecule has 2 atom stereocenters. The Balaban J connectivity index is 1.18. The molecule has 0 bridgehead atoms. The molecule has 1 saturated heterocycles. The Morgan fingerprint density at radius 3 is 2.74 bits per heavy atom. The van der Waals surface area contributed by atoms with Crippen LogP contribution in [0.2, 0.25) is 0 Å². The van der Waals surface area contributed by atoms with Crippen molar-refractivity contribution in [3.63, 3.8) is 0 Å². The van der Waals surface area contributed by atoms with Gasteiger partial charge in [-0.2, -0.15) is 0 Å². The van der Waals surface area contributed by atoms with Gasteiger partial charge in [0.25, 0.3) is 5.91 Å². The quantitative estimate of drug-likeness (QED) is 0.513. The molecule has 1 spiro atoms. The van der Waals surface area contributed by atoms with Gasteiger partial charge in [0.05, 0.1) is 17.6 Å². The third-order valence-corrected chi connectivity index (χ3v) is 8.02. The summed E-state index contributed by atoms with van der Waals surface area (Å²) >= 11 is 0. The summed E-state index contributed by atoms with van der Waals surface area (Å²) < 4.78 is 0. The number of anilines is 2. The zero-order valence-electron chi connectivity index (χ0n) is 18.8. The molecule has 1 aromatic heterocycles. The van der Waals surface area contributed by atoms with Gasteiger partial charge in [0.2, 0.25) is 5.91 Å². The van der Waals surface area contributed by atoms with E-state index < -0.39 is 5.54 Å². The van der Waals surface area contributed by atoms with Crippen molar-refractivity contribution in [3.05, 3.63) is 52.8 Å². The van der Waals surface area contributed by atoms with Gasteiger partial charge in [-0.15, -0.1) is 0 Å². The zero-order chi connectivity index (χ0) is 23.2. The van der Waals surface area contributed by atoms with E-state index in [2.05, 4.69) is 38.7 Å². The number of rotatable bonds is 2. The number of aromatic amines is 1. The number of fused-ring (bicyclic) bond motifs is 2. The van der Waals surface area contributed by atoms with Gasteiger partial charge >= 0.3 is 6.03 Å². The summed E-state index contributed by atoms with van der Waals surface area (Å²) in [5.41, 5.74) is 6.46. The molecule has 34 heavy (non-hydrogen) atoms. The fraction of sp³-hybridized carbons (Fsp3) is 0.360. The maximum Gasteiger partial charge on any atom is 0.324 e. The molecule has 7 rings (SSSR count). The predicted molar refractivity (Wildman–Crippen MR) is 126 cm³/mol. The molecule has 4 heterocycles. The van der Waals surface area contributed by atoms with Crippen molar-refractivity contribution in [1.82, 2.24) is 20.2 Å². The molecule has 9 nitrogen and oxygen atoms in total. The molecule has 3 aliphatic heterocycles. The Hall–Kier alpha value is -3.88. The fourth-order valence-corrected chi connectivity index (χ4v) is 6.24. The molecule has 3 N–H and O–H groups in total. The summed E-state index contributed by atoms with van der Waals surface area (Å²) in [6.45, 7) is 1.52. The Labute approximate surface area is 195 Å². The Morgan fingerprint density at radius 1 is 1.12 bits per heavy atom. The molecule has 2 aromatic carbocycles. The summed E-state index contributed by atoms with van der Waals surface area (Å²) in [4.78, 5) is 48.8. The van der Waals surface area contributed by atoms with E-state index in [1.807, 2.05) is 12.1 Å². The lowest BCUT2D eigenvalue weighted by atomic mass is 9.95. The summed E-state index contributed by atoms with van der Waals surface area (Å²) in [6.07, 6.45) is 2.41. The SMILES string of the molecule is CN1C(=O)NC(=O)C12Cc1cc3nc(CN4CC5CCC(=O)Nc6cccc4c65)[nH]c3cc1C2. The zero-order valence-corrected chi connectivity index (χ0v) is 18.8. The number of nitrogens with zero attached hydrogens (tertiary/aromatic N) is 3. The van der Waals surface area contributed by atoms with Crippen LogP contribution in [0.15, 0.2) is 30.3 Å². The number of imide groups is 1. The van der Waals surface area contributed by atoms with Crippen molar-refractivity contribution in [1.29, 1.82) is 0 Å². The predicted octanol–water partition coefficient (Wildman–Crippen LogP) is 2.42. The first kappa shape index (κ1) is 19.6. The van der Waals surface area contributed by atoms with Crippen molar-refractivity contribution in [2.75, 3.05) is 23.8 Å². The molecule has 172 valence electrons. The minimum absolute atomic E-state index is 0.0899. The van der Waals surface area contributed by atoms with Crippen molar-refractivity contribution >= 4 is 40.3 Å². The molecule has 9 heteroatoms. The molecular weight excluding hydrogens is 432 g/mol. The van der Waals surface area contributed by atoms with Gasteiger partial charge in [0, 0.05) is 55.7 Å². The highest BCUT2D eigenvalue weighted by Crippen LogP contribution is 2.45. The van der Waals surface area contributed by atoms with E-state index in [1.165, 1.54) is 10.5 Å². The standard InChI is InChI=1S/C25H24N6O3/c1-30-24(34)29-23(33)25(30)9-14-7-17-18(8-15(14)10-25)27-20(26-17)12-31-11-13-5-6-21(32)28-16-3-2-4-19(31)22(13)16/h2-4,7-8,13H,5-6,9-12H2,1H3,(H,26,27)(H,28,32)(H,29,33,34). The topological polar surface area (TPSA) is 110 Å². The molecule has 0 saturated carbocycles. The van der Waals surface area contributed by atoms with Gasteiger partial charge in [0.15, 0.2) is 0 Å². The molecule has 1 fully saturated rings. The molecular formula is C25H24N6O3. The van der Waals surface area contributed by atoms with Crippen LogP contribution in [0.25, 0.3) is 11.0 Å². The normalized spacial score (nSPS) is 22.3. The minimum atomic E-state index is -0.826. The first-order chi connectivity index (χ1) is 16.4. The van der Waals surface area contributed by atoms with Gasteiger partial charge in [-0.25, -0.2) is 9.78 Å². The number of benzene rings is 2. The van der Waals surface area contributed by atoms with E-state index in [-0.39, 0.29) is 17.8 Å². The number of carbonyl (C=O) groups excluding carboxylic acids is 3. The van der Waals surface area contributed by atoms with Crippen molar-refractivity contribution in [3.8, 4) is 0 Å². The number of urea groups is 1. The number of hydrogen-bond acceptors (Lipinski definition) is 5. The maximum absolute atomic E-state index is 12.6.